The second-order valence-corrected chi connectivity index (χ2v) is 5.23. The van der Waals surface area contributed by atoms with Crippen molar-refractivity contribution < 1.29 is 5.11 Å². The van der Waals surface area contributed by atoms with Crippen LogP contribution in [0.1, 0.15) is 24.2 Å². The van der Waals surface area contributed by atoms with Crippen molar-refractivity contribution in [3.63, 3.8) is 0 Å². The molecule has 1 aliphatic rings. The topological polar surface area (TPSA) is 48.9 Å². The maximum Gasteiger partial charge on any atom is 0.117 e. The van der Waals surface area contributed by atoms with E-state index >= 15 is 0 Å². The number of fused-ring (bicyclic) bond motifs is 1. The lowest BCUT2D eigenvalue weighted by Gasteiger charge is -2.12. The van der Waals surface area contributed by atoms with Gasteiger partial charge in [-0.15, -0.1) is 0 Å². The first-order valence-corrected chi connectivity index (χ1v) is 6.53. The number of hydrogen-bond donors (Lipinski definition) is 2. The minimum atomic E-state index is 0.0515. The lowest BCUT2D eigenvalue weighted by Crippen LogP contribution is -2.10. The SMILES string of the molecule is Oc1ccc2nc(C3(c4ccccc4)CC3)[nH]c2c1. The van der Waals surface area contributed by atoms with Crippen molar-refractivity contribution in [2.24, 2.45) is 0 Å². The number of nitrogens with zero attached hydrogens (tertiary/aromatic N) is 1. The fraction of sp³-hybridized carbons (Fsp3) is 0.188. The van der Waals surface area contributed by atoms with Crippen LogP contribution in [-0.2, 0) is 5.41 Å². The second-order valence-electron chi connectivity index (χ2n) is 5.23. The number of H-pyrrole nitrogens is 1. The van der Waals surface area contributed by atoms with E-state index < -0.39 is 0 Å². The van der Waals surface area contributed by atoms with Crippen LogP contribution in [0.15, 0.2) is 48.5 Å². The van der Waals surface area contributed by atoms with Gasteiger partial charge in [0.15, 0.2) is 0 Å². The van der Waals surface area contributed by atoms with E-state index in [1.54, 1.807) is 12.1 Å². The zero-order valence-corrected chi connectivity index (χ0v) is 10.4. The fourth-order valence-corrected chi connectivity index (χ4v) is 2.77. The minimum absolute atomic E-state index is 0.0515. The Kier molecular flexibility index (Phi) is 2.01. The number of rotatable bonds is 2. The quantitative estimate of drug-likeness (QED) is 0.732. The number of aromatic hydroxyl groups is 1. The van der Waals surface area contributed by atoms with Gasteiger partial charge in [-0.2, -0.15) is 0 Å². The Morgan fingerprint density at radius 1 is 1.05 bits per heavy atom. The van der Waals surface area contributed by atoms with Gasteiger partial charge in [-0.25, -0.2) is 4.98 Å². The normalized spacial score (nSPS) is 16.6. The molecule has 3 nitrogen and oxygen atoms in total. The van der Waals surface area contributed by atoms with Crippen molar-refractivity contribution in [3.8, 4) is 5.75 Å². The summed E-state index contributed by atoms with van der Waals surface area (Å²) in [5.41, 5.74) is 3.18. The molecular formula is C16H14N2O. The standard InChI is InChI=1S/C16H14N2O/c19-12-6-7-13-14(10-12)18-15(17-13)16(8-9-16)11-4-2-1-3-5-11/h1-7,10,19H,8-9H2,(H,17,18). The molecule has 1 saturated carbocycles. The van der Waals surface area contributed by atoms with Crippen molar-refractivity contribution >= 4 is 11.0 Å². The summed E-state index contributed by atoms with van der Waals surface area (Å²) in [6.45, 7) is 0. The fourth-order valence-electron chi connectivity index (χ4n) is 2.77. The molecule has 0 bridgehead atoms. The van der Waals surface area contributed by atoms with Crippen molar-refractivity contribution in [2.75, 3.05) is 0 Å². The number of nitrogens with one attached hydrogen (secondary N) is 1. The van der Waals surface area contributed by atoms with E-state index in [4.69, 9.17) is 4.98 Å². The molecule has 19 heavy (non-hydrogen) atoms. The molecule has 0 spiro atoms. The molecule has 2 aromatic carbocycles. The molecule has 0 atom stereocenters. The number of imidazole rings is 1. The van der Waals surface area contributed by atoms with Crippen LogP contribution in [0.2, 0.25) is 0 Å². The van der Waals surface area contributed by atoms with E-state index in [2.05, 4.69) is 29.2 Å². The van der Waals surface area contributed by atoms with E-state index in [9.17, 15) is 5.11 Å². The number of phenolic OH excluding ortho intramolecular Hbond substituents is 1. The van der Waals surface area contributed by atoms with Crippen LogP contribution in [0, 0.1) is 0 Å². The van der Waals surface area contributed by atoms with Crippen LogP contribution < -0.4 is 0 Å². The molecule has 3 aromatic rings. The Balaban J connectivity index is 1.86. The monoisotopic (exact) mass is 250 g/mol. The third-order valence-electron chi connectivity index (χ3n) is 4.00. The smallest absolute Gasteiger partial charge is 0.117 e. The number of phenols is 1. The molecular weight excluding hydrogens is 236 g/mol. The summed E-state index contributed by atoms with van der Waals surface area (Å²) < 4.78 is 0. The summed E-state index contributed by atoms with van der Waals surface area (Å²) in [4.78, 5) is 8.06. The largest absolute Gasteiger partial charge is 0.508 e. The maximum absolute atomic E-state index is 9.53. The molecule has 1 aromatic heterocycles. The molecule has 94 valence electrons. The second kappa shape index (κ2) is 3.60. The molecule has 0 amide bonds. The number of aromatic nitrogens is 2. The molecule has 1 aliphatic carbocycles. The van der Waals surface area contributed by atoms with Crippen LogP contribution in [-0.4, -0.2) is 15.1 Å². The lowest BCUT2D eigenvalue weighted by molar-refractivity contribution is 0.476. The highest BCUT2D eigenvalue weighted by Gasteiger charge is 2.48. The third kappa shape index (κ3) is 1.55. The predicted molar refractivity (Wildman–Crippen MR) is 74.2 cm³/mol. The van der Waals surface area contributed by atoms with Crippen LogP contribution in [0.3, 0.4) is 0 Å². The van der Waals surface area contributed by atoms with Gasteiger partial charge >= 0.3 is 0 Å². The molecule has 0 radical (unpaired) electrons. The van der Waals surface area contributed by atoms with Gasteiger partial charge in [0.2, 0.25) is 0 Å². The first-order valence-electron chi connectivity index (χ1n) is 6.53. The Bertz CT molecular complexity index is 742. The number of aromatic amines is 1. The van der Waals surface area contributed by atoms with Gasteiger partial charge in [0, 0.05) is 6.07 Å². The van der Waals surface area contributed by atoms with Gasteiger partial charge in [0.1, 0.15) is 11.6 Å². The van der Waals surface area contributed by atoms with Gasteiger partial charge in [-0.3, -0.25) is 0 Å². The van der Waals surface area contributed by atoms with Crippen molar-refractivity contribution in [2.45, 2.75) is 18.3 Å². The van der Waals surface area contributed by atoms with Crippen LogP contribution >= 0.6 is 0 Å². The van der Waals surface area contributed by atoms with Crippen LogP contribution in [0.5, 0.6) is 5.75 Å². The van der Waals surface area contributed by atoms with E-state index in [-0.39, 0.29) is 11.2 Å². The highest BCUT2D eigenvalue weighted by atomic mass is 16.3. The average Bonchev–Trinajstić information content (AvgIpc) is 3.14. The van der Waals surface area contributed by atoms with Crippen molar-refractivity contribution in [3.05, 3.63) is 59.9 Å². The molecule has 1 fully saturated rings. The van der Waals surface area contributed by atoms with Crippen LogP contribution in [0.25, 0.3) is 11.0 Å². The predicted octanol–water partition coefficient (Wildman–Crippen LogP) is 3.35. The summed E-state index contributed by atoms with van der Waals surface area (Å²) in [6.07, 6.45) is 2.26. The number of hydrogen-bond acceptors (Lipinski definition) is 2. The third-order valence-corrected chi connectivity index (χ3v) is 4.00. The zero-order chi connectivity index (χ0) is 12.9. The van der Waals surface area contributed by atoms with Gasteiger partial charge in [0.05, 0.1) is 16.4 Å². The van der Waals surface area contributed by atoms with Gasteiger partial charge < -0.3 is 10.1 Å². The molecule has 1 heterocycles. The average molecular weight is 250 g/mol. The molecule has 2 N–H and O–H groups in total. The van der Waals surface area contributed by atoms with Gasteiger partial charge in [-0.05, 0) is 30.5 Å². The van der Waals surface area contributed by atoms with Crippen LogP contribution in [0.4, 0.5) is 0 Å². The molecule has 4 rings (SSSR count). The Hall–Kier alpha value is -2.29. The first-order chi connectivity index (χ1) is 9.28. The summed E-state index contributed by atoms with van der Waals surface area (Å²) in [5.74, 6) is 1.28. The minimum Gasteiger partial charge on any atom is -0.508 e. The summed E-state index contributed by atoms with van der Waals surface area (Å²) >= 11 is 0. The summed E-state index contributed by atoms with van der Waals surface area (Å²) in [5, 5.41) is 9.53. The molecule has 3 heteroatoms. The van der Waals surface area contributed by atoms with Crippen molar-refractivity contribution in [1.82, 2.24) is 9.97 Å². The van der Waals surface area contributed by atoms with Gasteiger partial charge in [-0.1, -0.05) is 30.3 Å². The Morgan fingerprint density at radius 2 is 1.84 bits per heavy atom. The van der Waals surface area contributed by atoms with E-state index in [0.717, 1.165) is 29.7 Å². The summed E-state index contributed by atoms with van der Waals surface area (Å²) in [6, 6.07) is 15.8. The Morgan fingerprint density at radius 3 is 2.58 bits per heavy atom. The highest BCUT2D eigenvalue weighted by Crippen LogP contribution is 2.52. The molecule has 0 unspecified atom stereocenters. The van der Waals surface area contributed by atoms with E-state index in [0.29, 0.717) is 0 Å². The Labute approximate surface area is 110 Å². The van der Waals surface area contributed by atoms with E-state index in [1.165, 1.54) is 5.56 Å². The summed E-state index contributed by atoms with van der Waals surface area (Å²) in [7, 11) is 0. The van der Waals surface area contributed by atoms with Gasteiger partial charge in [0.25, 0.3) is 0 Å². The number of benzene rings is 2. The first kappa shape index (κ1) is 10.6. The van der Waals surface area contributed by atoms with E-state index in [1.807, 2.05) is 12.1 Å². The highest BCUT2D eigenvalue weighted by molar-refractivity contribution is 5.77. The maximum atomic E-state index is 9.53. The zero-order valence-electron chi connectivity index (χ0n) is 10.4. The molecule has 0 aliphatic heterocycles. The molecule has 0 saturated heterocycles. The van der Waals surface area contributed by atoms with Crippen molar-refractivity contribution in [1.29, 1.82) is 0 Å². The lowest BCUT2D eigenvalue weighted by atomic mass is 9.95.